The maximum atomic E-state index is 4.73. The average Bonchev–Trinajstić information content (AvgIpc) is 2.69. The van der Waals surface area contributed by atoms with Crippen LogP contribution in [0, 0.1) is 12.8 Å². The minimum absolute atomic E-state index is 0.819. The van der Waals surface area contributed by atoms with Gasteiger partial charge in [0.2, 0.25) is 0 Å². The molecule has 1 N–H and O–H groups in total. The van der Waals surface area contributed by atoms with Gasteiger partial charge in [0.15, 0.2) is 0 Å². The molecule has 1 aliphatic heterocycles. The normalized spacial score (nSPS) is 17.4. The highest BCUT2D eigenvalue weighted by Gasteiger charge is 2.16. The zero-order chi connectivity index (χ0) is 12.5. The maximum absolute atomic E-state index is 4.73. The molecule has 0 bridgehead atoms. The molecule has 18 heavy (non-hydrogen) atoms. The van der Waals surface area contributed by atoms with Crippen molar-refractivity contribution in [2.45, 2.75) is 26.2 Å². The summed E-state index contributed by atoms with van der Waals surface area (Å²) in [7, 11) is 2.10. The van der Waals surface area contributed by atoms with Crippen molar-refractivity contribution in [2.75, 3.05) is 13.1 Å². The summed E-state index contributed by atoms with van der Waals surface area (Å²) in [6, 6.07) is 6.58. The molecule has 0 spiro atoms. The number of nitrogens with zero attached hydrogens (tertiary/aromatic N) is 2. The van der Waals surface area contributed by atoms with E-state index in [9.17, 15) is 0 Å². The van der Waals surface area contributed by atoms with E-state index in [-0.39, 0.29) is 0 Å². The van der Waals surface area contributed by atoms with E-state index in [0.29, 0.717) is 0 Å². The van der Waals surface area contributed by atoms with Crippen molar-refractivity contribution in [3.63, 3.8) is 0 Å². The van der Waals surface area contributed by atoms with Gasteiger partial charge in [0, 0.05) is 7.05 Å². The average molecular weight is 243 g/mol. The predicted molar refractivity (Wildman–Crippen MR) is 74.7 cm³/mol. The third-order valence-electron chi connectivity index (χ3n) is 4.19. The number of rotatable bonds is 2. The number of benzene rings is 1. The van der Waals surface area contributed by atoms with E-state index in [2.05, 4.69) is 42.1 Å². The SMILES string of the molecule is Cc1nc2c(CC3CCNCC3)cccc2n1C. The zero-order valence-electron chi connectivity index (χ0n) is 11.2. The van der Waals surface area contributed by atoms with E-state index in [4.69, 9.17) is 4.98 Å². The van der Waals surface area contributed by atoms with Gasteiger partial charge >= 0.3 is 0 Å². The molecule has 1 aromatic carbocycles. The number of fused-ring (bicyclic) bond motifs is 1. The first-order valence-corrected chi connectivity index (χ1v) is 6.87. The Bertz CT molecular complexity index is 550. The lowest BCUT2D eigenvalue weighted by molar-refractivity contribution is 0.373. The van der Waals surface area contributed by atoms with Gasteiger partial charge in [0.05, 0.1) is 11.0 Å². The molecule has 1 saturated heterocycles. The number of hydrogen-bond donors (Lipinski definition) is 1. The smallest absolute Gasteiger partial charge is 0.106 e. The van der Waals surface area contributed by atoms with E-state index in [1.807, 2.05) is 0 Å². The van der Waals surface area contributed by atoms with Crippen LogP contribution in [0.15, 0.2) is 18.2 Å². The van der Waals surface area contributed by atoms with Crippen molar-refractivity contribution in [2.24, 2.45) is 13.0 Å². The van der Waals surface area contributed by atoms with Crippen LogP contribution >= 0.6 is 0 Å². The van der Waals surface area contributed by atoms with Crippen LogP contribution in [0.4, 0.5) is 0 Å². The Morgan fingerprint density at radius 3 is 2.89 bits per heavy atom. The summed E-state index contributed by atoms with van der Waals surface area (Å²) in [5, 5.41) is 3.43. The summed E-state index contributed by atoms with van der Waals surface area (Å²) in [4.78, 5) is 4.73. The van der Waals surface area contributed by atoms with Crippen molar-refractivity contribution in [1.82, 2.24) is 14.9 Å². The van der Waals surface area contributed by atoms with Crippen molar-refractivity contribution in [1.29, 1.82) is 0 Å². The Morgan fingerprint density at radius 1 is 1.33 bits per heavy atom. The molecule has 3 heteroatoms. The second-order valence-electron chi connectivity index (χ2n) is 5.40. The van der Waals surface area contributed by atoms with Gasteiger partial charge in [0.1, 0.15) is 5.82 Å². The molecular formula is C15H21N3. The van der Waals surface area contributed by atoms with Gasteiger partial charge in [-0.05, 0) is 56.8 Å². The molecule has 0 saturated carbocycles. The van der Waals surface area contributed by atoms with Gasteiger partial charge in [-0.15, -0.1) is 0 Å². The molecule has 0 amide bonds. The number of hydrogen-bond acceptors (Lipinski definition) is 2. The Kier molecular flexibility index (Phi) is 3.08. The molecule has 1 fully saturated rings. The predicted octanol–water partition coefficient (Wildman–Crippen LogP) is 2.42. The van der Waals surface area contributed by atoms with Crippen molar-refractivity contribution >= 4 is 11.0 Å². The van der Waals surface area contributed by atoms with Crippen LogP contribution in [0.5, 0.6) is 0 Å². The van der Waals surface area contributed by atoms with Gasteiger partial charge in [-0.2, -0.15) is 0 Å². The first kappa shape index (κ1) is 11.7. The van der Waals surface area contributed by atoms with Crippen molar-refractivity contribution in [3.8, 4) is 0 Å². The highest BCUT2D eigenvalue weighted by Crippen LogP contribution is 2.24. The van der Waals surface area contributed by atoms with E-state index in [0.717, 1.165) is 11.7 Å². The third-order valence-corrected chi connectivity index (χ3v) is 4.19. The lowest BCUT2D eigenvalue weighted by Crippen LogP contribution is -2.28. The van der Waals surface area contributed by atoms with Gasteiger partial charge in [-0.1, -0.05) is 12.1 Å². The first-order valence-electron chi connectivity index (χ1n) is 6.87. The largest absolute Gasteiger partial charge is 0.331 e. The van der Waals surface area contributed by atoms with Crippen LogP contribution in [-0.4, -0.2) is 22.6 Å². The highest BCUT2D eigenvalue weighted by atomic mass is 15.0. The van der Waals surface area contributed by atoms with Crippen LogP contribution in [0.3, 0.4) is 0 Å². The molecule has 0 atom stereocenters. The summed E-state index contributed by atoms with van der Waals surface area (Å²) < 4.78 is 2.18. The molecule has 2 aromatic rings. The summed E-state index contributed by atoms with van der Waals surface area (Å²) >= 11 is 0. The summed E-state index contributed by atoms with van der Waals surface area (Å²) in [5.41, 5.74) is 3.89. The molecule has 96 valence electrons. The Morgan fingerprint density at radius 2 is 2.11 bits per heavy atom. The Balaban J connectivity index is 1.93. The molecule has 0 unspecified atom stereocenters. The van der Waals surface area contributed by atoms with Crippen LogP contribution in [0.1, 0.15) is 24.2 Å². The fraction of sp³-hybridized carbons (Fsp3) is 0.533. The molecule has 3 nitrogen and oxygen atoms in total. The molecule has 0 aliphatic carbocycles. The topological polar surface area (TPSA) is 29.9 Å². The van der Waals surface area contributed by atoms with Gasteiger partial charge in [-0.3, -0.25) is 0 Å². The summed E-state index contributed by atoms with van der Waals surface area (Å²) in [6.45, 7) is 4.41. The van der Waals surface area contributed by atoms with Gasteiger partial charge in [-0.25, -0.2) is 4.98 Å². The molecule has 1 aromatic heterocycles. The number of piperidine rings is 1. The number of nitrogens with one attached hydrogen (secondary N) is 1. The van der Waals surface area contributed by atoms with Gasteiger partial charge < -0.3 is 9.88 Å². The number of para-hydroxylation sites is 1. The standard InChI is InChI=1S/C15H21N3/c1-11-17-15-13(4-3-5-14(15)18(11)2)10-12-6-8-16-9-7-12/h3-5,12,16H,6-10H2,1-2H3. The van der Waals surface area contributed by atoms with E-state index in [1.165, 1.54) is 48.9 Å². The fourth-order valence-electron chi connectivity index (χ4n) is 2.95. The molecule has 3 rings (SSSR count). The minimum atomic E-state index is 0.819. The zero-order valence-corrected chi connectivity index (χ0v) is 11.2. The second-order valence-corrected chi connectivity index (χ2v) is 5.40. The monoisotopic (exact) mass is 243 g/mol. The van der Waals surface area contributed by atoms with Crippen LogP contribution in [0.25, 0.3) is 11.0 Å². The third kappa shape index (κ3) is 2.03. The number of aromatic nitrogens is 2. The van der Waals surface area contributed by atoms with E-state index >= 15 is 0 Å². The minimum Gasteiger partial charge on any atom is -0.331 e. The van der Waals surface area contributed by atoms with Crippen LogP contribution in [0.2, 0.25) is 0 Å². The van der Waals surface area contributed by atoms with Crippen molar-refractivity contribution < 1.29 is 0 Å². The van der Waals surface area contributed by atoms with Crippen molar-refractivity contribution in [3.05, 3.63) is 29.6 Å². The van der Waals surface area contributed by atoms with Crippen LogP contribution in [-0.2, 0) is 13.5 Å². The Hall–Kier alpha value is -1.35. The summed E-state index contributed by atoms with van der Waals surface area (Å²) in [6.07, 6.45) is 3.76. The van der Waals surface area contributed by atoms with Gasteiger partial charge in [0.25, 0.3) is 0 Å². The fourth-order valence-corrected chi connectivity index (χ4v) is 2.95. The van der Waals surface area contributed by atoms with Crippen LogP contribution < -0.4 is 5.32 Å². The number of aryl methyl sites for hydroxylation is 2. The molecule has 0 radical (unpaired) electrons. The summed E-state index contributed by atoms with van der Waals surface area (Å²) in [5.74, 6) is 1.92. The lowest BCUT2D eigenvalue weighted by Gasteiger charge is -2.22. The molecular weight excluding hydrogens is 222 g/mol. The molecule has 1 aliphatic rings. The lowest BCUT2D eigenvalue weighted by atomic mass is 9.90. The number of imidazole rings is 1. The second kappa shape index (κ2) is 4.73. The molecule has 2 heterocycles. The Labute approximate surface area is 108 Å². The highest BCUT2D eigenvalue weighted by molar-refractivity contribution is 5.79. The first-order chi connectivity index (χ1) is 8.75. The van der Waals surface area contributed by atoms with E-state index < -0.39 is 0 Å². The quantitative estimate of drug-likeness (QED) is 0.878. The van der Waals surface area contributed by atoms with E-state index in [1.54, 1.807) is 0 Å². The maximum Gasteiger partial charge on any atom is 0.106 e.